The molecule has 2 aromatic rings. The van der Waals surface area contributed by atoms with Gasteiger partial charge in [-0.3, -0.25) is 4.90 Å². The second-order valence-corrected chi connectivity index (χ2v) is 9.08. The Morgan fingerprint density at radius 2 is 1.84 bits per heavy atom. The third kappa shape index (κ3) is 6.76. The molecule has 2 atom stereocenters. The van der Waals surface area contributed by atoms with Gasteiger partial charge in [0.15, 0.2) is 0 Å². The molecule has 3 rings (SSSR count). The van der Waals surface area contributed by atoms with Crippen LogP contribution >= 0.6 is 12.4 Å². The van der Waals surface area contributed by atoms with E-state index in [1.807, 2.05) is 6.07 Å². The van der Waals surface area contributed by atoms with E-state index < -0.39 is 0 Å². The molecule has 32 heavy (non-hydrogen) atoms. The van der Waals surface area contributed by atoms with Crippen LogP contribution < -0.4 is 4.74 Å². The highest BCUT2D eigenvalue weighted by Gasteiger charge is 2.22. The molecule has 2 unspecified atom stereocenters. The van der Waals surface area contributed by atoms with Crippen molar-refractivity contribution in [3.05, 3.63) is 65.2 Å². The van der Waals surface area contributed by atoms with Crippen LogP contribution in [0.5, 0.6) is 11.5 Å². The van der Waals surface area contributed by atoms with Crippen molar-refractivity contribution in [1.82, 2.24) is 4.90 Å². The molecule has 0 saturated carbocycles. The minimum atomic E-state index is 0. The molecule has 0 aliphatic carbocycles. The second kappa shape index (κ2) is 12.9. The Kier molecular flexibility index (Phi) is 10.6. The first-order valence-electron chi connectivity index (χ1n) is 11.9. The molecule has 0 aromatic heterocycles. The summed E-state index contributed by atoms with van der Waals surface area (Å²) in [4.78, 5) is 2.44. The van der Waals surface area contributed by atoms with Crippen LogP contribution in [0, 0.1) is 5.92 Å². The number of aromatic hydroxyl groups is 1. The summed E-state index contributed by atoms with van der Waals surface area (Å²) < 4.78 is 5.76. The summed E-state index contributed by atoms with van der Waals surface area (Å²) in [6, 6.07) is 14.7. The first-order valence-corrected chi connectivity index (χ1v) is 11.9. The summed E-state index contributed by atoms with van der Waals surface area (Å²) >= 11 is 0. The molecule has 1 aliphatic rings. The lowest BCUT2D eigenvalue weighted by atomic mass is 9.84. The van der Waals surface area contributed by atoms with Gasteiger partial charge in [0.25, 0.3) is 0 Å². The monoisotopic (exact) mass is 457 g/mol. The Bertz CT molecular complexity index is 865. The fourth-order valence-corrected chi connectivity index (χ4v) is 4.59. The van der Waals surface area contributed by atoms with E-state index >= 15 is 0 Å². The molecule has 0 saturated heterocycles. The summed E-state index contributed by atoms with van der Waals surface area (Å²) in [5.41, 5.74) is 4.57. The molecule has 4 heteroatoms. The van der Waals surface area contributed by atoms with Gasteiger partial charge < -0.3 is 9.84 Å². The Morgan fingerprint density at radius 1 is 1.09 bits per heavy atom. The molecular formula is C28H40ClNO2. The maximum absolute atomic E-state index is 11.0. The maximum Gasteiger partial charge on any atom is 0.130 e. The number of hydrogen-bond donors (Lipinski definition) is 1. The first kappa shape index (κ1) is 26.3. The molecule has 0 amide bonds. The number of methoxy groups -OCH3 is 1. The van der Waals surface area contributed by atoms with Crippen molar-refractivity contribution in [2.75, 3.05) is 20.2 Å². The quantitative estimate of drug-likeness (QED) is 0.376. The molecule has 1 N–H and O–H groups in total. The third-order valence-electron chi connectivity index (χ3n) is 6.83. The van der Waals surface area contributed by atoms with Gasteiger partial charge in [0.05, 0.1) is 12.7 Å². The number of unbranched alkanes of at least 4 members (excludes halogenated alkanes) is 2. The van der Waals surface area contributed by atoms with E-state index in [4.69, 9.17) is 4.74 Å². The highest BCUT2D eigenvalue weighted by molar-refractivity contribution is 5.85. The van der Waals surface area contributed by atoms with Crippen molar-refractivity contribution in [3.63, 3.8) is 0 Å². The third-order valence-corrected chi connectivity index (χ3v) is 6.83. The van der Waals surface area contributed by atoms with Gasteiger partial charge in [-0.15, -0.1) is 12.4 Å². The molecule has 0 radical (unpaired) electrons. The predicted octanol–water partition coefficient (Wildman–Crippen LogP) is 7.43. The van der Waals surface area contributed by atoms with Crippen LogP contribution in [0.3, 0.4) is 0 Å². The largest absolute Gasteiger partial charge is 0.507 e. The fourth-order valence-electron chi connectivity index (χ4n) is 4.59. The molecule has 0 bridgehead atoms. The Balaban J connectivity index is 0.00000363. The zero-order chi connectivity index (χ0) is 22.2. The number of phenolic OH excluding ortho intramolecular Hbond substituents is 1. The van der Waals surface area contributed by atoms with E-state index in [0.717, 1.165) is 37.4 Å². The molecule has 1 heterocycles. The summed E-state index contributed by atoms with van der Waals surface area (Å²) in [5, 5.41) is 11.0. The summed E-state index contributed by atoms with van der Waals surface area (Å²) in [7, 11) is 1.71. The van der Waals surface area contributed by atoms with Gasteiger partial charge in [0.1, 0.15) is 11.5 Å². The van der Waals surface area contributed by atoms with E-state index in [1.54, 1.807) is 7.11 Å². The highest BCUT2D eigenvalue weighted by Crippen LogP contribution is 2.41. The van der Waals surface area contributed by atoms with Crippen LogP contribution in [0.2, 0.25) is 0 Å². The Hall–Kier alpha value is -1.97. The van der Waals surface area contributed by atoms with Crippen LogP contribution in [0.4, 0.5) is 0 Å². The van der Waals surface area contributed by atoms with Gasteiger partial charge in [-0.1, -0.05) is 82.9 Å². The van der Waals surface area contributed by atoms with Crippen molar-refractivity contribution >= 4 is 18.0 Å². The topological polar surface area (TPSA) is 32.7 Å². The SMILES string of the molecule is CCCCCC(C)C(C)c1cc(O)c(C2=CCN(Cc3ccccc3)CC2)c(OC)c1.Cl. The van der Waals surface area contributed by atoms with Gasteiger partial charge in [0.2, 0.25) is 0 Å². The highest BCUT2D eigenvalue weighted by atomic mass is 35.5. The van der Waals surface area contributed by atoms with E-state index in [2.05, 4.69) is 68.1 Å². The minimum absolute atomic E-state index is 0. The number of benzene rings is 2. The number of hydrogen-bond acceptors (Lipinski definition) is 3. The van der Waals surface area contributed by atoms with Crippen LogP contribution in [0.1, 0.15) is 75.5 Å². The van der Waals surface area contributed by atoms with Crippen LogP contribution in [-0.4, -0.2) is 30.2 Å². The number of nitrogens with zero attached hydrogens (tertiary/aromatic N) is 1. The normalized spacial score (nSPS) is 16.1. The van der Waals surface area contributed by atoms with Crippen LogP contribution in [0.15, 0.2) is 48.5 Å². The molecule has 176 valence electrons. The van der Waals surface area contributed by atoms with E-state index in [1.165, 1.54) is 42.4 Å². The van der Waals surface area contributed by atoms with Crippen molar-refractivity contribution in [3.8, 4) is 11.5 Å². The standard InChI is InChI=1S/C28H39NO2.ClH/c1-5-6-8-11-21(2)22(3)25-18-26(30)28(27(19-25)31-4)24-14-16-29(17-15-24)20-23-12-9-7-10-13-23;/h7,9-10,12-14,18-19,21-22,30H,5-6,8,11,15-17,20H2,1-4H3;1H. The van der Waals surface area contributed by atoms with Gasteiger partial charge in [-0.25, -0.2) is 0 Å². The maximum atomic E-state index is 11.0. The van der Waals surface area contributed by atoms with Crippen molar-refractivity contribution in [1.29, 1.82) is 0 Å². The molecular weight excluding hydrogens is 418 g/mol. The summed E-state index contributed by atoms with van der Waals surface area (Å²) in [6.45, 7) is 9.67. The van der Waals surface area contributed by atoms with Crippen LogP contribution in [0.25, 0.3) is 5.57 Å². The van der Waals surface area contributed by atoms with Gasteiger partial charge in [0, 0.05) is 19.6 Å². The molecule has 0 fully saturated rings. The number of rotatable bonds is 10. The van der Waals surface area contributed by atoms with Gasteiger partial charge >= 0.3 is 0 Å². The van der Waals surface area contributed by atoms with E-state index in [0.29, 0.717) is 17.6 Å². The Labute approximate surface area is 200 Å². The zero-order valence-corrected chi connectivity index (χ0v) is 21.0. The van der Waals surface area contributed by atoms with Gasteiger partial charge in [-0.05, 0) is 47.1 Å². The lowest BCUT2D eigenvalue weighted by Crippen LogP contribution is -2.28. The zero-order valence-electron chi connectivity index (χ0n) is 20.1. The first-order chi connectivity index (χ1) is 15.0. The van der Waals surface area contributed by atoms with Crippen molar-refractivity contribution in [2.24, 2.45) is 5.92 Å². The predicted molar refractivity (Wildman–Crippen MR) is 138 cm³/mol. The second-order valence-electron chi connectivity index (χ2n) is 9.08. The Morgan fingerprint density at radius 3 is 2.47 bits per heavy atom. The lowest BCUT2D eigenvalue weighted by molar-refractivity contribution is 0.293. The van der Waals surface area contributed by atoms with E-state index in [9.17, 15) is 5.11 Å². The molecule has 1 aliphatic heterocycles. The fraction of sp³-hybridized carbons (Fsp3) is 0.500. The van der Waals surface area contributed by atoms with Gasteiger partial charge in [-0.2, -0.15) is 0 Å². The smallest absolute Gasteiger partial charge is 0.130 e. The van der Waals surface area contributed by atoms with Crippen molar-refractivity contribution in [2.45, 2.75) is 65.3 Å². The molecule has 3 nitrogen and oxygen atoms in total. The van der Waals surface area contributed by atoms with Crippen molar-refractivity contribution < 1.29 is 9.84 Å². The van der Waals surface area contributed by atoms with Crippen LogP contribution in [-0.2, 0) is 6.54 Å². The molecule has 0 spiro atoms. The number of ether oxygens (including phenoxy) is 1. The lowest BCUT2D eigenvalue weighted by Gasteiger charge is -2.28. The average Bonchev–Trinajstić information content (AvgIpc) is 2.79. The van der Waals surface area contributed by atoms with E-state index in [-0.39, 0.29) is 12.4 Å². The minimum Gasteiger partial charge on any atom is -0.507 e. The molecule has 2 aromatic carbocycles. The summed E-state index contributed by atoms with van der Waals surface area (Å²) in [6.07, 6.45) is 8.21. The average molecular weight is 458 g/mol. The number of phenols is 1. The summed E-state index contributed by atoms with van der Waals surface area (Å²) in [5.74, 6) is 2.13. The number of halogens is 1.